The average Bonchev–Trinajstić information content (AvgIpc) is 2.74. The van der Waals surface area contributed by atoms with E-state index in [1.807, 2.05) is 31.2 Å². The van der Waals surface area contributed by atoms with Crippen LogP contribution in [0.4, 0.5) is 0 Å². The van der Waals surface area contributed by atoms with Gasteiger partial charge in [0, 0.05) is 25.3 Å². The SMILES string of the molecule is CCOCCn1c(=O)c(CNC(C)C(N)=O)cc2ccc(-c3ccccc3C)cc21. The van der Waals surface area contributed by atoms with E-state index < -0.39 is 11.9 Å². The van der Waals surface area contributed by atoms with E-state index in [1.165, 1.54) is 5.56 Å². The Bertz CT molecular complexity index is 1100. The number of nitrogens with two attached hydrogens (primary N) is 1. The highest BCUT2D eigenvalue weighted by Crippen LogP contribution is 2.27. The summed E-state index contributed by atoms with van der Waals surface area (Å²) in [5, 5.41) is 3.99. The fourth-order valence-electron chi connectivity index (χ4n) is 3.51. The lowest BCUT2D eigenvalue weighted by Crippen LogP contribution is -2.39. The molecule has 0 saturated heterocycles. The molecule has 6 heteroatoms. The highest BCUT2D eigenvalue weighted by atomic mass is 16.5. The van der Waals surface area contributed by atoms with Gasteiger partial charge in [-0.2, -0.15) is 0 Å². The number of aromatic nitrogens is 1. The summed E-state index contributed by atoms with van der Waals surface area (Å²) in [4.78, 5) is 24.5. The van der Waals surface area contributed by atoms with Gasteiger partial charge in [0.15, 0.2) is 0 Å². The van der Waals surface area contributed by atoms with E-state index in [0.717, 1.165) is 22.0 Å². The van der Waals surface area contributed by atoms with E-state index in [4.69, 9.17) is 10.5 Å². The summed E-state index contributed by atoms with van der Waals surface area (Å²) < 4.78 is 7.27. The maximum atomic E-state index is 13.2. The zero-order valence-electron chi connectivity index (χ0n) is 17.8. The van der Waals surface area contributed by atoms with Crippen LogP contribution in [0.2, 0.25) is 0 Å². The summed E-state index contributed by atoms with van der Waals surface area (Å²) in [6.45, 7) is 7.48. The molecule has 1 unspecified atom stereocenters. The van der Waals surface area contributed by atoms with E-state index in [-0.39, 0.29) is 12.1 Å². The number of nitrogens with one attached hydrogen (secondary N) is 1. The van der Waals surface area contributed by atoms with Crippen LogP contribution < -0.4 is 16.6 Å². The van der Waals surface area contributed by atoms with E-state index in [0.29, 0.717) is 25.3 Å². The molecule has 0 fully saturated rings. The average molecular weight is 408 g/mol. The monoisotopic (exact) mass is 407 g/mol. The Morgan fingerprint density at radius 1 is 1.20 bits per heavy atom. The van der Waals surface area contributed by atoms with Gasteiger partial charge in [-0.15, -0.1) is 0 Å². The lowest BCUT2D eigenvalue weighted by Gasteiger charge is -2.16. The number of primary amides is 1. The second-order valence-corrected chi connectivity index (χ2v) is 7.42. The first-order valence-corrected chi connectivity index (χ1v) is 10.2. The number of carbonyl (C=O) groups excluding carboxylic acids is 1. The van der Waals surface area contributed by atoms with Crippen molar-refractivity contribution >= 4 is 16.8 Å². The maximum absolute atomic E-state index is 13.2. The highest BCUT2D eigenvalue weighted by Gasteiger charge is 2.14. The van der Waals surface area contributed by atoms with Crippen molar-refractivity contribution in [3.05, 3.63) is 70.0 Å². The zero-order chi connectivity index (χ0) is 21.7. The third-order valence-electron chi connectivity index (χ3n) is 5.32. The Morgan fingerprint density at radius 3 is 2.67 bits per heavy atom. The van der Waals surface area contributed by atoms with Crippen molar-refractivity contribution in [2.45, 2.75) is 39.9 Å². The molecule has 6 nitrogen and oxygen atoms in total. The van der Waals surface area contributed by atoms with Crippen molar-refractivity contribution in [1.29, 1.82) is 0 Å². The van der Waals surface area contributed by atoms with Crippen molar-refractivity contribution < 1.29 is 9.53 Å². The van der Waals surface area contributed by atoms with Gasteiger partial charge in [0.25, 0.3) is 5.56 Å². The predicted octanol–water partition coefficient (Wildman–Crippen LogP) is 2.98. The molecule has 2 aromatic carbocycles. The van der Waals surface area contributed by atoms with Crippen molar-refractivity contribution in [3.63, 3.8) is 0 Å². The van der Waals surface area contributed by atoms with E-state index in [2.05, 4.69) is 36.5 Å². The molecule has 158 valence electrons. The summed E-state index contributed by atoms with van der Waals surface area (Å²) >= 11 is 0. The van der Waals surface area contributed by atoms with Crippen LogP contribution in [-0.2, 0) is 22.6 Å². The van der Waals surface area contributed by atoms with Gasteiger partial charge in [0.2, 0.25) is 5.91 Å². The summed E-state index contributed by atoms with van der Waals surface area (Å²) in [5.41, 5.74) is 10.1. The van der Waals surface area contributed by atoms with Crippen LogP contribution in [0.3, 0.4) is 0 Å². The molecule has 0 aliphatic rings. The molecule has 3 aromatic rings. The third-order valence-corrected chi connectivity index (χ3v) is 5.32. The lowest BCUT2D eigenvalue weighted by atomic mass is 9.99. The maximum Gasteiger partial charge on any atom is 0.255 e. The Balaban J connectivity index is 2.08. The summed E-state index contributed by atoms with van der Waals surface area (Å²) in [6.07, 6.45) is 0. The minimum atomic E-state index is -0.514. The van der Waals surface area contributed by atoms with Crippen molar-refractivity contribution in [2.24, 2.45) is 5.73 Å². The standard InChI is InChI=1S/C24H29N3O3/c1-4-30-12-11-27-22-14-18(21-8-6-5-7-16(21)2)9-10-19(22)13-20(24(27)29)15-26-17(3)23(25)28/h5-10,13-14,17,26H,4,11-12,15H2,1-3H3,(H2,25,28). The number of aryl methyl sites for hydroxylation is 1. The van der Waals surface area contributed by atoms with E-state index in [9.17, 15) is 9.59 Å². The molecular formula is C24H29N3O3. The number of benzene rings is 2. The quantitative estimate of drug-likeness (QED) is 0.534. The molecular weight excluding hydrogens is 378 g/mol. The number of fused-ring (bicyclic) bond motifs is 1. The minimum absolute atomic E-state index is 0.0895. The normalized spacial score (nSPS) is 12.2. The number of carbonyl (C=O) groups is 1. The molecule has 1 aromatic heterocycles. The van der Waals surface area contributed by atoms with Gasteiger partial charge in [-0.25, -0.2) is 0 Å². The van der Waals surface area contributed by atoms with Crippen molar-refractivity contribution in [1.82, 2.24) is 9.88 Å². The van der Waals surface area contributed by atoms with Gasteiger partial charge in [0.1, 0.15) is 0 Å². The van der Waals surface area contributed by atoms with Crippen LogP contribution in [-0.4, -0.2) is 29.7 Å². The molecule has 0 aliphatic carbocycles. The van der Waals surface area contributed by atoms with Crippen molar-refractivity contribution in [2.75, 3.05) is 13.2 Å². The van der Waals surface area contributed by atoms with Crippen LogP contribution in [0, 0.1) is 6.92 Å². The molecule has 1 amide bonds. The molecule has 3 N–H and O–H groups in total. The smallest absolute Gasteiger partial charge is 0.255 e. The van der Waals surface area contributed by atoms with Crippen LogP contribution in [0.1, 0.15) is 25.0 Å². The summed E-state index contributed by atoms with van der Waals surface area (Å²) in [5.74, 6) is -0.449. The lowest BCUT2D eigenvalue weighted by molar-refractivity contribution is -0.119. The Kier molecular flexibility index (Phi) is 7.03. The van der Waals surface area contributed by atoms with E-state index >= 15 is 0 Å². The van der Waals surface area contributed by atoms with Gasteiger partial charge in [0.05, 0.1) is 18.2 Å². The predicted molar refractivity (Wildman–Crippen MR) is 120 cm³/mol. The first kappa shape index (κ1) is 21.7. The first-order chi connectivity index (χ1) is 14.4. The number of amides is 1. The van der Waals surface area contributed by atoms with Crippen LogP contribution in [0.15, 0.2) is 53.3 Å². The largest absolute Gasteiger partial charge is 0.380 e. The molecule has 3 rings (SSSR count). The Labute approximate surface area is 176 Å². The molecule has 0 bridgehead atoms. The van der Waals surface area contributed by atoms with Crippen LogP contribution in [0.25, 0.3) is 22.0 Å². The zero-order valence-corrected chi connectivity index (χ0v) is 17.8. The fourth-order valence-corrected chi connectivity index (χ4v) is 3.51. The topological polar surface area (TPSA) is 86.3 Å². The molecule has 0 radical (unpaired) electrons. The highest BCUT2D eigenvalue weighted by molar-refractivity contribution is 5.86. The third kappa shape index (κ3) is 4.78. The Hall–Kier alpha value is -2.96. The van der Waals surface area contributed by atoms with Crippen LogP contribution in [0.5, 0.6) is 0 Å². The minimum Gasteiger partial charge on any atom is -0.380 e. The number of hydrogen-bond donors (Lipinski definition) is 2. The fraction of sp³-hybridized carbons (Fsp3) is 0.333. The number of ether oxygens (including phenoxy) is 1. The molecule has 1 heterocycles. The first-order valence-electron chi connectivity index (χ1n) is 10.2. The number of nitrogens with zero attached hydrogens (tertiary/aromatic N) is 1. The number of hydrogen-bond acceptors (Lipinski definition) is 4. The second-order valence-electron chi connectivity index (χ2n) is 7.42. The molecule has 1 atom stereocenters. The summed E-state index contributed by atoms with van der Waals surface area (Å²) in [6, 6.07) is 15.7. The van der Waals surface area contributed by atoms with E-state index in [1.54, 1.807) is 11.5 Å². The van der Waals surface area contributed by atoms with Gasteiger partial charge in [-0.3, -0.25) is 9.59 Å². The van der Waals surface area contributed by atoms with Gasteiger partial charge < -0.3 is 20.4 Å². The number of rotatable bonds is 9. The number of pyridine rings is 1. The van der Waals surface area contributed by atoms with Crippen molar-refractivity contribution in [3.8, 4) is 11.1 Å². The van der Waals surface area contributed by atoms with Gasteiger partial charge in [-0.05, 0) is 55.0 Å². The molecule has 0 saturated carbocycles. The van der Waals surface area contributed by atoms with Crippen LogP contribution >= 0.6 is 0 Å². The summed E-state index contributed by atoms with van der Waals surface area (Å²) in [7, 11) is 0. The molecule has 30 heavy (non-hydrogen) atoms. The molecule has 0 spiro atoms. The Morgan fingerprint density at radius 2 is 1.97 bits per heavy atom. The second kappa shape index (κ2) is 9.69. The van der Waals surface area contributed by atoms with Gasteiger partial charge >= 0.3 is 0 Å². The molecule has 0 aliphatic heterocycles. The van der Waals surface area contributed by atoms with Gasteiger partial charge in [-0.1, -0.05) is 36.4 Å².